The summed E-state index contributed by atoms with van der Waals surface area (Å²) in [4.78, 5) is 16.7. The Morgan fingerprint density at radius 2 is 1.87 bits per heavy atom. The molecule has 10 heteroatoms. The number of nitrogens with zero attached hydrogens (tertiary/aromatic N) is 3. The predicted molar refractivity (Wildman–Crippen MR) is 111 cm³/mol. The molecule has 2 heterocycles. The lowest BCUT2D eigenvalue weighted by atomic mass is 10.1. The minimum atomic E-state index is -3.55. The number of phenolic OH excluding ortho intramolecular Hbond substituents is 1. The molecule has 8 nitrogen and oxygen atoms in total. The van der Waals surface area contributed by atoms with E-state index in [1.807, 2.05) is 0 Å². The van der Waals surface area contributed by atoms with Crippen LogP contribution in [-0.4, -0.2) is 40.5 Å². The summed E-state index contributed by atoms with van der Waals surface area (Å²) in [5, 5.41) is 17.5. The van der Waals surface area contributed by atoms with Crippen molar-refractivity contribution < 1.29 is 22.7 Å². The van der Waals surface area contributed by atoms with Crippen molar-refractivity contribution in [2.75, 3.05) is 6.26 Å². The smallest absolute Gasteiger partial charge is 0.253 e. The van der Waals surface area contributed by atoms with Crippen LogP contribution in [0.25, 0.3) is 16.6 Å². The number of fused-ring (bicyclic) bond motifs is 1. The highest BCUT2D eigenvalue weighted by atomic mass is 32.2. The summed E-state index contributed by atoms with van der Waals surface area (Å²) < 4.78 is 38.0. The van der Waals surface area contributed by atoms with Crippen LogP contribution in [0.5, 0.6) is 5.75 Å². The number of hydrogen-bond acceptors (Lipinski definition) is 6. The van der Waals surface area contributed by atoms with Gasteiger partial charge in [-0.05, 0) is 42.0 Å². The molecule has 0 aliphatic rings. The number of rotatable bonds is 5. The molecule has 0 bridgehead atoms. The van der Waals surface area contributed by atoms with Crippen LogP contribution < -0.4 is 5.32 Å². The van der Waals surface area contributed by atoms with Crippen molar-refractivity contribution in [1.82, 2.24) is 20.1 Å². The van der Waals surface area contributed by atoms with E-state index in [4.69, 9.17) is 0 Å². The number of hydrogen-bond donors (Lipinski definition) is 2. The number of benzene rings is 2. The van der Waals surface area contributed by atoms with E-state index >= 15 is 0 Å². The number of carbonyl (C=O) groups is 1. The highest BCUT2D eigenvalue weighted by molar-refractivity contribution is 7.90. The summed E-state index contributed by atoms with van der Waals surface area (Å²) in [5.41, 5.74) is 2.02. The van der Waals surface area contributed by atoms with Gasteiger partial charge in [-0.15, -0.1) is 0 Å². The first-order valence-electron chi connectivity index (χ1n) is 9.12. The third kappa shape index (κ3) is 4.10. The molecule has 0 saturated carbocycles. The maximum Gasteiger partial charge on any atom is 0.253 e. The summed E-state index contributed by atoms with van der Waals surface area (Å²) >= 11 is 0. The van der Waals surface area contributed by atoms with Crippen LogP contribution in [0.4, 0.5) is 4.39 Å². The summed E-state index contributed by atoms with van der Waals surface area (Å²) in [6.07, 6.45) is 5.51. The normalized spacial score (nSPS) is 11.5. The van der Waals surface area contributed by atoms with Gasteiger partial charge in [0.05, 0.1) is 29.2 Å². The Kier molecular flexibility index (Phi) is 5.15. The van der Waals surface area contributed by atoms with Gasteiger partial charge in [-0.2, -0.15) is 5.10 Å². The molecule has 0 spiro atoms. The van der Waals surface area contributed by atoms with E-state index in [0.29, 0.717) is 27.7 Å². The average molecular weight is 440 g/mol. The first kappa shape index (κ1) is 20.5. The number of nitrogens with one attached hydrogen (secondary N) is 1. The van der Waals surface area contributed by atoms with Crippen LogP contribution in [0, 0.1) is 5.82 Å². The van der Waals surface area contributed by atoms with Gasteiger partial charge in [0.25, 0.3) is 5.91 Å². The summed E-state index contributed by atoms with van der Waals surface area (Å²) in [7, 11) is -3.55. The third-order valence-electron chi connectivity index (χ3n) is 4.69. The van der Waals surface area contributed by atoms with Gasteiger partial charge in [0.1, 0.15) is 16.5 Å². The number of carbonyl (C=O) groups excluding carboxylic acids is 1. The molecule has 0 unspecified atom stereocenters. The topological polar surface area (TPSA) is 114 Å². The van der Waals surface area contributed by atoms with Crippen molar-refractivity contribution in [3.05, 3.63) is 78.0 Å². The second-order valence-corrected chi connectivity index (χ2v) is 8.89. The Morgan fingerprint density at radius 3 is 2.55 bits per heavy atom. The number of halogens is 1. The highest BCUT2D eigenvalue weighted by Gasteiger charge is 2.16. The van der Waals surface area contributed by atoms with Crippen LogP contribution >= 0.6 is 0 Å². The SMILES string of the molecule is CS(=O)(=O)c1ccc(CNC(=O)c2cncc3c2cnn3-c2ccc(F)cc2)cc1O. The zero-order chi connectivity index (χ0) is 22.2. The second kappa shape index (κ2) is 7.80. The monoisotopic (exact) mass is 440 g/mol. The Hall–Kier alpha value is -3.79. The molecular formula is C21H17FN4O4S. The quantitative estimate of drug-likeness (QED) is 0.493. The fourth-order valence-corrected chi connectivity index (χ4v) is 3.93. The second-order valence-electron chi connectivity index (χ2n) is 6.91. The van der Waals surface area contributed by atoms with E-state index in [-0.39, 0.29) is 23.0 Å². The Balaban J connectivity index is 1.57. The summed E-state index contributed by atoms with van der Waals surface area (Å²) in [6.45, 7) is 0.0684. The minimum Gasteiger partial charge on any atom is -0.507 e. The van der Waals surface area contributed by atoms with Crippen LogP contribution in [0.3, 0.4) is 0 Å². The standard InChI is InChI=1S/C21H17FN4O4S/c1-31(29,30)20-7-2-13(8-19(20)27)9-24-21(28)17-10-23-12-18-16(17)11-25-26(18)15-5-3-14(22)4-6-15/h2-8,10-12,27H,9H2,1H3,(H,24,28). The van der Waals surface area contributed by atoms with Gasteiger partial charge >= 0.3 is 0 Å². The van der Waals surface area contributed by atoms with Crippen molar-refractivity contribution in [2.45, 2.75) is 11.4 Å². The predicted octanol–water partition coefficient (Wildman–Crippen LogP) is 2.60. The maximum absolute atomic E-state index is 13.2. The van der Waals surface area contributed by atoms with E-state index < -0.39 is 15.7 Å². The zero-order valence-electron chi connectivity index (χ0n) is 16.3. The lowest BCUT2D eigenvalue weighted by molar-refractivity contribution is 0.0952. The number of amides is 1. The fraction of sp³-hybridized carbons (Fsp3) is 0.0952. The lowest BCUT2D eigenvalue weighted by Gasteiger charge is -2.09. The van der Waals surface area contributed by atoms with Gasteiger partial charge in [0, 0.05) is 24.4 Å². The molecule has 0 aliphatic carbocycles. The Morgan fingerprint density at radius 1 is 1.13 bits per heavy atom. The number of aromatic nitrogens is 3. The molecule has 2 aromatic heterocycles. The first-order valence-corrected chi connectivity index (χ1v) is 11.0. The largest absolute Gasteiger partial charge is 0.507 e. The van der Waals surface area contributed by atoms with Gasteiger partial charge < -0.3 is 10.4 Å². The van der Waals surface area contributed by atoms with Gasteiger partial charge in [-0.1, -0.05) is 6.07 Å². The van der Waals surface area contributed by atoms with Gasteiger partial charge in [0.15, 0.2) is 9.84 Å². The molecule has 31 heavy (non-hydrogen) atoms. The molecule has 4 rings (SSSR count). The van der Waals surface area contributed by atoms with Crippen molar-refractivity contribution in [2.24, 2.45) is 0 Å². The van der Waals surface area contributed by atoms with Crippen LogP contribution in [-0.2, 0) is 16.4 Å². The number of aromatic hydroxyl groups is 1. The molecule has 0 radical (unpaired) electrons. The lowest BCUT2D eigenvalue weighted by Crippen LogP contribution is -2.23. The Bertz CT molecular complexity index is 1400. The van der Waals surface area contributed by atoms with E-state index in [1.54, 1.807) is 23.0 Å². The van der Waals surface area contributed by atoms with E-state index in [0.717, 1.165) is 6.26 Å². The van der Waals surface area contributed by atoms with Gasteiger partial charge in [-0.3, -0.25) is 9.78 Å². The Labute approximate surface area is 176 Å². The number of phenols is 1. The van der Waals surface area contributed by atoms with E-state index in [1.165, 1.54) is 42.7 Å². The highest BCUT2D eigenvalue weighted by Crippen LogP contribution is 2.24. The third-order valence-corrected chi connectivity index (χ3v) is 5.83. The van der Waals surface area contributed by atoms with Gasteiger partial charge in [0.2, 0.25) is 0 Å². The average Bonchev–Trinajstić information content (AvgIpc) is 3.16. The summed E-state index contributed by atoms with van der Waals surface area (Å²) in [6, 6.07) is 9.88. The molecule has 0 saturated heterocycles. The molecule has 0 fully saturated rings. The van der Waals surface area contributed by atoms with Crippen LogP contribution in [0.1, 0.15) is 15.9 Å². The summed E-state index contributed by atoms with van der Waals surface area (Å²) in [5.74, 6) is -1.16. The van der Waals surface area contributed by atoms with Crippen molar-refractivity contribution in [1.29, 1.82) is 0 Å². The van der Waals surface area contributed by atoms with Crippen LogP contribution in [0.15, 0.2) is 66.0 Å². The molecule has 2 aromatic carbocycles. The molecule has 1 amide bonds. The molecule has 0 aliphatic heterocycles. The number of sulfone groups is 1. The molecule has 4 aromatic rings. The van der Waals surface area contributed by atoms with Crippen LogP contribution in [0.2, 0.25) is 0 Å². The van der Waals surface area contributed by atoms with Crippen molar-refractivity contribution in [3.63, 3.8) is 0 Å². The molecule has 158 valence electrons. The van der Waals surface area contributed by atoms with E-state index in [9.17, 15) is 22.7 Å². The van der Waals surface area contributed by atoms with Crippen molar-refractivity contribution in [3.8, 4) is 11.4 Å². The molecule has 2 N–H and O–H groups in total. The van der Waals surface area contributed by atoms with Crippen molar-refractivity contribution >= 4 is 26.6 Å². The van der Waals surface area contributed by atoms with Gasteiger partial charge in [-0.25, -0.2) is 17.5 Å². The molecule has 0 atom stereocenters. The minimum absolute atomic E-state index is 0.0684. The molecular weight excluding hydrogens is 423 g/mol. The zero-order valence-corrected chi connectivity index (χ0v) is 17.1. The number of pyridine rings is 1. The fourth-order valence-electron chi connectivity index (χ4n) is 3.17. The first-order chi connectivity index (χ1) is 14.7. The van der Waals surface area contributed by atoms with E-state index in [2.05, 4.69) is 15.4 Å². The maximum atomic E-state index is 13.2.